The number of rotatable bonds is 2. The van der Waals surface area contributed by atoms with Crippen molar-refractivity contribution in [2.45, 2.75) is 19.9 Å². The molecule has 1 aromatic heterocycles. The van der Waals surface area contributed by atoms with E-state index in [1.165, 1.54) is 12.1 Å². The molecule has 0 bridgehead atoms. The summed E-state index contributed by atoms with van der Waals surface area (Å²) in [5.74, 6) is -0.266. The molecule has 3 rings (SSSR count). The fourth-order valence-corrected chi connectivity index (χ4v) is 2.48. The molecule has 20 heavy (non-hydrogen) atoms. The summed E-state index contributed by atoms with van der Waals surface area (Å²) in [5.41, 5.74) is 3.21. The Labute approximate surface area is 115 Å². The average Bonchev–Trinajstić information content (AvgIpc) is 2.73. The van der Waals surface area contributed by atoms with Crippen LogP contribution in [0.5, 0.6) is 0 Å². The first-order valence-electron chi connectivity index (χ1n) is 6.56. The molecule has 1 N–H and O–H groups in total. The molecule has 3 aromatic rings. The summed E-state index contributed by atoms with van der Waals surface area (Å²) in [6, 6.07) is 12.2. The summed E-state index contributed by atoms with van der Waals surface area (Å²) in [5, 5.41) is 0. The van der Waals surface area contributed by atoms with E-state index in [1.54, 1.807) is 10.6 Å². The van der Waals surface area contributed by atoms with E-state index in [4.69, 9.17) is 0 Å². The quantitative estimate of drug-likeness (QED) is 0.757. The molecule has 0 radical (unpaired) electrons. The molecule has 0 amide bonds. The van der Waals surface area contributed by atoms with Crippen molar-refractivity contribution in [3.05, 3.63) is 58.8 Å². The van der Waals surface area contributed by atoms with E-state index in [9.17, 15) is 9.18 Å². The Morgan fingerprint density at radius 3 is 2.55 bits per heavy atom. The number of aromatic nitrogens is 2. The molecule has 3 nitrogen and oxygen atoms in total. The smallest absolute Gasteiger partial charge is 0.306 e. The van der Waals surface area contributed by atoms with Gasteiger partial charge >= 0.3 is 5.69 Å². The summed E-state index contributed by atoms with van der Waals surface area (Å²) in [7, 11) is 0. The standard InChI is InChI=1S/C16H15FN2O/c1-10(2)19-15-9-12(6-7-14(15)18-16(19)20)11-4-3-5-13(17)8-11/h3-10H,1-2H3,(H,18,20). The number of hydrogen-bond acceptors (Lipinski definition) is 1. The topological polar surface area (TPSA) is 37.8 Å². The van der Waals surface area contributed by atoms with E-state index in [1.807, 2.05) is 38.1 Å². The van der Waals surface area contributed by atoms with Crippen molar-refractivity contribution < 1.29 is 4.39 Å². The van der Waals surface area contributed by atoms with Gasteiger partial charge in [0.25, 0.3) is 0 Å². The van der Waals surface area contributed by atoms with Gasteiger partial charge in [-0.3, -0.25) is 4.57 Å². The molecule has 0 aliphatic carbocycles. The Bertz CT molecular complexity index is 830. The lowest BCUT2D eigenvalue weighted by atomic mass is 10.0. The van der Waals surface area contributed by atoms with E-state index in [0.717, 1.165) is 22.2 Å². The molecular weight excluding hydrogens is 255 g/mol. The van der Waals surface area contributed by atoms with Crippen LogP contribution in [-0.2, 0) is 0 Å². The number of benzene rings is 2. The predicted molar refractivity (Wildman–Crippen MR) is 78.3 cm³/mol. The number of nitrogens with zero attached hydrogens (tertiary/aromatic N) is 1. The Kier molecular flexibility index (Phi) is 2.93. The van der Waals surface area contributed by atoms with Crippen LogP contribution in [0.2, 0.25) is 0 Å². The average molecular weight is 270 g/mol. The zero-order valence-electron chi connectivity index (χ0n) is 11.4. The number of nitrogens with one attached hydrogen (secondary N) is 1. The van der Waals surface area contributed by atoms with Crippen LogP contribution in [0.3, 0.4) is 0 Å². The minimum Gasteiger partial charge on any atom is -0.306 e. The van der Waals surface area contributed by atoms with Gasteiger partial charge in [-0.2, -0.15) is 0 Å². The number of H-pyrrole nitrogens is 1. The molecule has 0 atom stereocenters. The fraction of sp³-hybridized carbons (Fsp3) is 0.188. The van der Waals surface area contributed by atoms with Crippen LogP contribution >= 0.6 is 0 Å². The molecule has 102 valence electrons. The number of hydrogen-bond donors (Lipinski definition) is 1. The van der Waals surface area contributed by atoms with E-state index in [2.05, 4.69) is 4.98 Å². The zero-order valence-corrected chi connectivity index (χ0v) is 11.4. The predicted octanol–water partition coefficient (Wildman–Crippen LogP) is 3.72. The minimum atomic E-state index is -0.266. The normalized spacial score (nSPS) is 11.4. The second kappa shape index (κ2) is 4.63. The second-order valence-corrected chi connectivity index (χ2v) is 5.14. The maximum absolute atomic E-state index is 13.3. The molecule has 0 fully saturated rings. The Hall–Kier alpha value is -2.36. The van der Waals surface area contributed by atoms with Gasteiger partial charge in [-0.05, 0) is 49.2 Å². The Morgan fingerprint density at radius 1 is 1.10 bits per heavy atom. The molecular formula is C16H15FN2O. The number of imidazole rings is 1. The highest BCUT2D eigenvalue weighted by Gasteiger charge is 2.10. The summed E-state index contributed by atoms with van der Waals surface area (Å²) in [6.07, 6.45) is 0. The molecule has 0 spiro atoms. The van der Waals surface area contributed by atoms with Gasteiger partial charge in [0.15, 0.2) is 0 Å². The lowest BCUT2D eigenvalue weighted by molar-refractivity contribution is 0.598. The van der Waals surface area contributed by atoms with Crippen LogP contribution in [0.15, 0.2) is 47.3 Å². The number of halogens is 1. The van der Waals surface area contributed by atoms with Crippen molar-refractivity contribution in [3.63, 3.8) is 0 Å². The first-order chi connectivity index (χ1) is 9.56. The van der Waals surface area contributed by atoms with Gasteiger partial charge in [-0.1, -0.05) is 18.2 Å². The van der Waals surface area contributed by atoms with Gasteiger partial charge in [-0.25, -0.2) is 9.18 Å². The van der Waals surface area contributed by atoms with Crippen molar-refractivity contribution in [1.29, 1.82) is 0 Å². The third kappa shape index (κ3) is 2.03. The fourth-order valence-electron chi connectivity index (χ4n) is 2.48. The van der Waals surface area contributed by atoms with Gasteiger partial charge in [-0.15, -0.1) is 0 Å². The van der Waals surface area contributed by atoms with E-state index >= 15 is 0 Å². The van der Waals surface area contributed by atoms with Crippen molar-refractivity contribution in [3.8, 4) is 11.1 Å². The van der Waals surface area contributed by atoms with Gasteiger partial charge in [0.1, 0.15) is 5.82 Å². The van der Waals surface area contributed by atoms with Crippen molar-refractivity contribution in [2.24, 2.45) is 0 Å². The summed E-state index contributed by atoms with van der Waals surface area (Å²) in [6.45, 7) is 3.92. The molecule has 4 heteroatoms. The number of fused-ring (bicyclic) bond motifs is 1. The zero-order chi connectivity index (χ0) is 14.3. The van der Waals surface area contributed by atoms with Gasteiger partial charge < -0.3 is 4.98 Å². The van der Waals surface area contributed by atoms with Gasteiger partial charge in [0.2, 0.25) is 0 Å². The van der Waals surface area contributed by atoms with E-state index in [-0.39, 0.29) is 17.5 Å². The first kappa shape index (κ1) is 12.7. The SMILES string of the molecule is CC(C)n1c(=O)[nH]c2ccc(-c3cccc(F)c3)cc21. The van der Waals surface area contributed by atoms with Crippen LogP contribution in [0.1, 0.15) is 19.9 Å². The molecule has 0 saturated heterocycles. The van der Waals surface area contributed by atoms with Crippen molar-refractivity contribution >= 4 is 11.0 Å². The summed E-state index contributed by atoms with van der Waals surface area (Å²) in [4.78, 5) is 14.8. The highest BCUT2D eigenvalue weighted by atomic mass is 19.1. The van der Waals surface area contributed by atoms with Crippen molar-refractivity contribution in [1.82, 2.24) is 9.55 Å². The molecule has 0 aliphatic rings. The highest BCUT2D eigenvalue weighted by molar-refractivity contribution is 5.82. The van der Waals surface area contributed by atoms with Crippen LogP contribution in [-0.4, -0.2) is 9.55 Å². The molecule has 1 heterocycles. The maximum Gasteiger partial charge on any atom is 0.326 e. The van der Waals surface area contributed by atoms with E-state index in [0.29, 0.717) is 0 Å². The lowest BCUT2D eigenvalue weighted by Gasteiger charge is -2.08. The third-order valence-electron chi connectivity index (χ3n) is 3.39. The van der Waals surface area contributed by atoms with Gasteiger partial charge in [0, 0.05) is 6.04 Å². The summed E-state index contributed by atoms with van der Waals surface area (Å²) < 4.78 is 15.0. The molecule has 2 aromatic carbocycles. The maximum atomic E-state index is 13.3. The summed E-state index contributed by atoms with van der Waals surface area (Å²) >= 11 is 0. The molecule has 0 unspecified atom stereocenters. The van der Waals surface area contributed by atoms with Crippen LogP contribution in [0.4, 0.5) is 4.39 Å². The number of aromatic amines is 1. The third-order valence-corrected chi connectivity index (χ3v) is 3.39. The van der Waals surface area contributed by atoms with Crippen LogP contribution in [0.25, 0.3) is 22.2 Å². The largest absolute Gasteiger partial charge is 0.326 e. The first-order valence-corrected chi connectivity index (χ1v) is 6.56. The van der Waals surface area contributed by atoms with Gasteiger partial charge in [0.05, 0.1) is 11.0 Å². The molecule has 0 aliphatic heterocycles. The molecule has 0 saturated carbocycles. The minimum absolute atomic E-state index is 0.0685. The van der Waals surface area contributed by atoms with Crippen molar-refractivity contribution in [2.75, 3.05) is 0 Å². The monoisotopic (exact) mass is 270 g/mol. The van der Waals surface area contributed by atoms with E-state index < -0.39 is 0 Å². The highest BCUT2D eigenvalue weighted by Crippen LogP contribution is 2.24. The van der Waals surface area contributed by atoms with Crippen LogP contribution < -0.4 is 5.69 Å². The Morgan fingerprint density at radius 2 is 1.85 bits per heavy atom. The Balaban J connectivity index is 2.24. The lowest BCUT2D eigenvalue weighted by Crippen LogP contribution is -2.18. The van der Waals surface area contributed by atoms with Crippen LogP contribution in [0, 0.1) is 5.82 Å². The second-order valence-electron chi connectivity index (χ2n) is 5.14.